The molecule has 0 aliphatic rings. The Bertz CT molecular complexity index is 786. The molecule has 0 unspecified atom stereocenters. The van der Waals surface area contributed by atoms with Gasteiger partial charge < -0.3 is 5.73 Å². The average Bonchev–Trinajstić information content (AvgIpc) is 2.55. The molecular weight excluding hydrogens is 290 g/mol. The van der Waals surface area contributed by atoms with Crippen molar-refractivity contribution in [1.82, 2.24) is 0 Å². The molecule has 1 atom stereocenters. The number of rotatable bonds is 5. The van der Waals surface area contributed by atoms with Gasteiger partial charge in [0, 0.05) is 4.90 Å². The zero-order valence-electron chi connectivity index (χ0n) is 12.1. The monoisotopic (exact) mass is 307 g/mol. The fourth-order valence-electron chi connectivity index (χ4n) is 2.43. The van der Waals surface area contributed by atoms with Gasteiger partial charge in [-0.05, 0) is 34.9 Å². The molecule has 0 aliphatic carbocycles. The Hall–Kier alpha value is -2.26. The van der Waals surface area contributed by atoms with E-state index in [4.69, 9.17) is 5.73 Å². The first-order chi connectivity index (χ1) is 10.7. The highest BCUT2D eigenvalue weighted by molar-refractivity contribution is 8.00. The molecular formula is C19H17NOS. The number of hydrogen-bond acceptors (Lipinski definition) is 2. The van der Waals surface area contributed by atoms with E-state index in [1.807, 2.05) is 48.5 Å². The smallest absolute Gasteiger partial charge is 0.231 e. The van der Waals surface area contributed by atoms with Gasteiger partial charge in [0.1, 0.15) is 0 Å². The van der Waals surface area contributed by atoms with Gasteiger partial charge in [0.15, 0.2) is 0 Å². The third-order valence-corrected chi connectivity index (χ3v) is 4.79. The van der Waals surface area contributed by atoms with Crippen LogP contribution in [0.15, 0.2) is 77.7 Å². The lowest BCUT2D eigenvalue weighted by Crippen LogP contribution is -2.27. The van der Waals surface area contributed by atoms with E-state index >= 15 is 0 Å². The number of nitrogens with two attached hydrogens (primary N) is 1. The minimum absolute atomic E-state index is 0.261. The van der Waals surface area contributed by atoms with Crippen LogP contribution in [0.2, 0.25) is 0 Å². The van der Waals surface area contributed by atoms with Crippen LogP contribution in [0.4, 0.5) is 0 Å². The molecule has 1 amide bonds. The van der Waals surface area contributed by atoms with Gasteiger partial charge in [-0.3, -0.25) is 4.79 Å². The molecule has 0 aliphatic heterocycles. The second kappa shape index (κ2) is 6.67. The van der Waals surface area contributed by atoms with E-state index in [1.54, 1.807) is 0 Å². The lowest BCUT2D eigenvalue weighted by atomic mass is 10.1. The Balaban J connectivity index is 1.81. The van der Waals surface area contributed by atoms with Crippen molar-refractivity contribution >= 4 is 28.4 Å². The first-order valence-electron chi connectivity index (χ1n) is 7.21. The maximum Gasteiger partial charge on any atom is 0.231 e. The number of fused-ring (bicyclic) bond motifs is 1. The van der Waals surface area contributed by atoms with Crippen LogP contribution in [-0.2, 0) is 11.2 Å². The SMILES string of the molecule is NC(=O)[C@@H](Cc1ccccc1)Sc1ccc2ccccc2c1. The maximum absolute atomic E-state index is 11.8. The van der Waals surface area contributed by atoms with Gasteiger partial charge in [0.2, 0.25) is 5.91 Å². The predicted molar refractivity (Wildman–Crippen MR) is 92.9 cm³/mol. The quantitative estimate of drug-likeness (QED) is 0.723. The number of benzene rings is 3. The van der Waals surface area contributed by atoms with Crippen molar-refractivity contribution in [2.24, 2.45) is 5.73 Å². The summed E-state index contributed by atoms with van der Waals surface area (Å²) in [4.78, 5) is 12.8. The van der Waals surface area contributed by atoms with Gasteiger partial charge in [-0.25, -0.2) is 0 Å². The molecule has 0 aromatic heterocycles. The number of thioether (sulfide) groups is 1. The first-order valence-corrected chi connectivity index (χ1v) is 8.09. The molecule has 110 valence electrons. The Kier molecular flexibility index (Phi) is 4.45. The molecule has 0 fully saturated rings. The van der Waals surface area contributed by atoms with Crippen LogP contribution < -0.4 is 5.73 Å². The molecule has 2 N–H and O–H groups in total. The van der Waals surface area contributed by atoms with Crippen molar-refractivity contribution in [3.8, 4) is 0 Å². The van der Waals surface area contributed by atoms with Crippen LogP contribution in [0.3, 0.4) is 0 Å². The molecule has 3 rings (SSSR count). The molecule has 0 heterocycles. The van der Waals surface area contributed by atoms with Gasteiger partial charge in [-0.2, -0.15) is 0 Å². The molecule has 3 heteroatoms. The largest absolute Gasteiger partial charge is 0.369 e. The fraction of sp³-hybridized carbons (Fsp3) is 0.105. The summed E-state index contributed by atoms with van der Waals surface area (Å²) in [7, 11) is 0. The molecule has 0 spiro atoms. The van der Waals surface area contributed by atoms with E-state index < -0.39 is 0 Å². The van der Waals surface area contributed by atoms with Crippen LogP contribution in [0.1, 0.15) is 5.56 Å². The summed E-state index contributed by atoms with van der Waals surface area (Å²) in [6.45, 7) is 0. The van der Waals surface area contributed by atoms with Crippen LogP contribution in [0.5, 0.6) is 0 Å². The van der Waals surface area contributed by atoms with Crippen molar-refractivity contribution < 1.29 is 4.79 Å². The highest BCUT2D eigenvalue weighted by Gasteiger charge is 2.17. The van der Waals surface area contributed by atoms with Gasteiger partial charge in [0.05, 0.1) is 5.25 Å². The second-order valence-electron chi connectivity index (χ2n) is 5.21. The third-order valence-electron chi connectivity index (χ3n) is 3.58. The van der Waals surface area contributed by atoms with E-state index in [0.717, 1.165) is 10.5 Å². The molecule has 3 aromatic carbocycles. The van der Waals surface area contributed by atoms with Crippen LogP contribution in [-0.4, -0.2) is 11.2 Å². The molecule has 2 nitrogen and oxygen atoms in total. The van der Waals surface area contributed by atoms with E-state index in [-0.39, 0.29) is 11.2 Å². The Morgan fingerprint density at radius 2 is 1.59 bits per heavy atom. The van der Waals surface area contributed by atoms with Crippen molar-refractivity contribution in [2.45, 2.75) is 16.6 Å². The molecule has 0 radical (unpaired) electrons. The van der Waals surface area contributed by atoms with E-state index in [9.17, 15) is 4.79 Å². The fourth-order valence-corrected chi connectivity index (χ4v) is 3.50. The Labute approximate surface area is 134 Å². The Morgan fingerprint density at radius 1 is 0.909 bits per heavy atom. The zero-order valence-corrected chi connectivity index (χ0v) is 12.9. The van der Waals surface area contributed by atoms with Crippen LogP contribution in [0.25, 0.3) is 10.8 Å². The molecule has 0 bridgehead atoms. The summed E-state index contributed by atoms with van der Waals surface area (Å²) in [6, 6.07) is 24.4. The summed E-state index contributed by atoms with van der Waals surface area (Å²) >= 11 is 1.53. The summed E-state index contributed by atoms with van der Waals surface area (Å²) < 4.78 is 0. The zero-order chi connectivity index (χ0) is 15.4. The number of carbonyl (C=O) groups is 1. The normalized spacial score (nSPS) is 12.2. The molecule has 3 aromatic rings. The lowest BCUT2D eigenvalue weighted by molar-refractivity contribution is -0.117. The van der Waals surface area contributed by atoms with E-state index in [0.29, 0.717) is 6.42 Å². The van der Waals surface area contributed by atoms with Crippen molar-refractivity contribution in [3.05, 3.63) is 78.4 Å². The first kappa shape index (κ1) is 14.7. The number of hydrogen-bond donors (Lipinski definition) is 1. The van der Waals surface area contributed by atoms with Crippen molar-refractivity contribution in [1.29, 1.82) is 0 Å². The molecule has 0 saturated carbocycles. The average molecular weight is 307 g/mol. The standard InChI is InChI=1S/C19H17NOS/c20-19(21)18(12-14-6-2-1-3-7-14)22-17-11-10-15-8-4-5-9-16(15)13-17/h1-11,13,18H,12H2,(H2,20,21)/t18-/m1/s1. The van der Waals surface area contributed by atoms with Gasteiger partial charge >= 0.3 is 0 Å². The highest BCUT2D eigenvalue weighted by atomic mass is 32.2. The van der Waals surface area contributed by atoms with Crippen molar-refractivity contribution in [2.75, 3.05) is 0 Å². The summed E-state index contributed by atoms with van der Waals surface area (Å²) in [5.74, 6) is -0.276. The minimum atomic E-state index is -0.276. The highest BCUT2D eigenvalue weighted by Crippen LogP contribution is 2.28. The number of amides is 1. The number of carbonyl (C=O) groups excluding carboxylic acids is 1. The summed E-state index contributed by atoms with van der Waals surface area (Å²) in [5, 5.41) is 2.12. The predicted octanol–water partition coefficient (Wildman–Crippen LogP) is 4.03. The summed E-state index contributed by atoms with van der Waals surface area (Å²) in [6.07, 6.45) is 0.646. The van der Waals surface area contributed by atoms with Crippen LogP contribution in [0, 0.1) is 0 Å². The van der Waals surface area contributed by atoms with E-state index in [1.165, 1.54) is 22.5 Å². The number of primary amides is 1. The van der Waals surface area contributed by atoms with Gasteiger partial charge in [-0.15, -0.1) is 11.8 Å². The summed E-state index contributed by atoms with van der Waals surface area (Å²) in [5.41, 5.74) is 6.71. The van der Waals surface area contributed by atoms with Gasteiger partial charge in [-0.1, -0.05) is 60.7 Å². The van der Waals surface area contributed by atoms with Crippen molar-refractivity contribution in [3.63, 3.8) is 0 Å². The van der Waals surface area contributed by atoms with E-state index in [2.05, 4.69) is 24.3 Å². The third kappa shape index (κ3) is 3.49. The minimum Gasteiger partial charge on any atom is -0.369 e. The molecule has 0 saturated heterocycles. The van der Waals surface area contributed by atoms with Gasteiger partial charge in [0.25, 0.3) is 0 Å². The topological polar surface area (TPSA) is 43.1 Å². The van der Waals surface area contributed by atoms with Crippen LogP contribution >= 0.6 is 11.8 Å². The second-order valence-corrected chi connectivity index (χ2v) is 6.48. The lowest BCUT2D eigenvalue weighted by Gasteiger charge is -2.13. The Morgan fingerprint density at radius 3 is 2.32 bits per heavy atom. The maximum atomic E-state index is 11.8. The molecule has 22 heavy (non-hydrogen) atoms.